The summed E-state index contributed by atoms with van der Waals surface area (Å²) in [6, 6.07) is 7.73. The van der Waals surface area contributed by atoms with Gasteiger partial charge < -0.3 is 20.3 Å². The Hall–Kier alpha value is -3.12. The van der Waals surface area contributed by atoms with Crippen molar-refractivity contribution in [2.45, 2.75) is 44.7 Å². The number of likely N-dealkylation sites (tertiary alicyclic amines) is 1. The first kappa shape index (κ1) is 26.9. The summed E-state index contributed by atoms with van der Waals surface area (Å²) >= 11 is 0. The number of primary amides is 1. The number of sulfonamides is 1. The maximum atomic E-state index is 13.7. The number of anilines is 1. The molecule has 2 fully saturated rings. The Kier molecular flexibility index (Phi) is 8.38. The van der Waals surface area contributed by atoms with Crippen LogP contribution in [-0.2, 0) is 21.4 Å². The number of hydrogen-bond acceptors (Lipinski definition) is 7. The minimum absolute atomic E-state index is 0.0788. The topological polar surface area (TPSA) is 131 Å². The van der Waals surface area contributed by atoms with Crippen LogP contribution in [0.2, 0.25) is 0 Å². The van der Waals surface area contributed by atoms with E-state index in [-0.39, 0.29) is 41.4 Å². The molecule has 2 aromatic rings. The lowest BCUT2D eigenvalue weighted by atomic mass is 9.96. The molecule has 2 aliphatic rings. The number of piperazine rings is 1. The Bertz CT molecular complexity index is 1210. The molecule has 0 radical (unpaired) electrons. The Balaban J connectivity index is 1.53. The van der Waals surface area contributed by atoms with E-state index in [9.17, 15) is 18.0 Å². The smallest absolute Gasteiger partial charge is 0.263 e. The molecule has 0 aliphatic carbocycles. The lowest BCUT2D eigenvalue weighted by molar-refractivity contribution is -0.123. The lowest BCUT2D eigenvalue weighted by Gasteiger charge is -2.36. The van der Waals surface area contributed by atoms with Gasteiger partial charge in [0.25, 0.3) is 15.9 Å². The highest BCUT2D eigenvalue weighted by Crippen LogP contribution is 2.30. The van der Waals surface area contributed by atoms with Gasteiger partial charge >= 0.3 is 0 Å². The van der Waals surface area contributed by atoms with Crippen LogP contribution in [0.4, 0.5) is 5.69 Å². The average Bonchev–Trinajstić information content (AvgIpc) is 3.34. The summed E-state index contributed by atoms with van der Waals surface area (Å²) in [5.74, 6) is -0.242. The second kappa shape index (κ2) is 11.5. The van der Waals surface area contributed by atoms with Crippen molar-refractivity contribution in [3.63, 3.8) is 0 Å². The minimum atomic E-state index is -4.00. The third-order valence-electron chi connectivity index (χ3n) is 6.92. The zero-order valence-electron chi connectivity index (χ0n) is 21.5. The van der Waals surface area contributed by atoms with Crippen LogP contribution in [0.5, 0.6) is 5.75 Å². The van der Waals surface area contributed by atoms with E-state index >= 15 is 0 Å². The first-order valence-electron chi connectivity index (χ1n) is 12.9. The zero-order chi connectivity index (χ0) is 26.6. The summed E-state index contributed by atoms with van der Waals surface area (Å²) in [7, 11) is -4.00. The van der Waals surface area contributed by atoms with E-state index < -0.39 is 10.0 Å². The predicted molar refractivity (Wildman–Crippen MR) is 139 cm³/mol. The Labute approximate surface area is 218 Å². The summed E-state index contributed by atoms with van der Waals surface area (Å²) in [5.41, 5.74) is 6.43. The second-order valence-corrected chi connectivity index (χ2v) is 11.2. The molecule has 1 aromatic heterocycles. The number of benzene rings is 1. The van der Waals surface area contributed by atoms with Crippen LogP contribution < -0.4 is 15.4 Å². The number of aryl methyl sites for hydroxylation is 1. The largest absolute Gasteiger partial charge is 0.492 e. The number of nitrogens with zero attached hydrogens (tertiary/aromatic N) is 5. The molecule has 4 rings (SSSR count). The molecule has 202 valence electrons. The number of nitrogens with two attached hydrogens (primary N) is 1. The van der Waals surface area contributed by atoms with E-state index in [1.165, 1.54) is 15.2 Å². The molecular weight excluding hydrogens is 496 g/mol. The summed E-state index contributed by atoms with van der Waals surface area (Å²) < 4.78 is 36.2. The summed E-state index contributed by atoms with van der Waals surface area (Å²) in [5, 5.41) is 4.15. The highest BCUT2D eigenvalue weighted by Gasteiger charge is 2.37. The molecule has 2 saturated heterocycles. The fraction of sp³-hybridized carbons (Fsp3) is 0.560. The van der Waals surface area contributed by atoms with E-state index in [1.807, 2.05) is 38.1 Å². The Morgan fingerprint density at radius 1 is 1.05 bits per heavy atom. The van der Waals surface area contributed by atoms with Crippen molar-refractivity contribution in [3.05, 3.63) is 36.0 Å². The fourth-order valence-corrected chi connectivity index (χ4v) is 6.42. The Morgan fingerprint density at radius 3 is 2.35 bits per heavy atom. The van der Waals surface area contributed by atoms with Crippen LogP contribution in [0.15, 0.2) is 35.5 Å². The van der Waals surface area contributed by atoms with Crippen molar-refractivity contribution in [2.75, 3.05) is 50.8 Å². The molecule has 0 spiro atoms. The van der Waals surface area contributed by atoms with E-state index in [0.29, 0.717) is 52.2 Å². The first-order chi connectivity index (χ1) is 17.8. The van der Waals surface area contributed by atoms with Crippen molar-refractivity contribution >= 4 is 27.5 Å². The van der Waals surface area contributed by atoms with Gasteiger partial charge in [-0.2, -0.15) is 9.40 Å². The maximum Gasteiger partial charge on any atom is 0.263 e. The monoisotopic (exact) mass is 532 g/mol. The number of carbonyl (C=O) groups excluding carboxylic acids is 2. The third kappa shape index (κ3) is 5.74. The maximum absolute atomic E-state index is 13.7. The molecule has 2 N–H and O–H groups in total. The van der Waals surface area contributed by atoms with Gasteiger partial charge in [0.2, 0.25) is 10.9 Å². The van der Waals surface area contributed by atoms with Crippen LogP contribution in [0.25, 0.3) is 0 Å². The molecule has 0 unspecified atom stereocenters. The first-order valence-corrected chi connectivity index (χ1v) is 14.3. The predicted octanol–water partition coefficient (Wildman–Crippen LogP) is 1.54. The summed E-state index contributed by atoms with van der Waals surface area (Å²) in [6.07, 6.45) is 3.22. The molecule has 1 aromatic carbocycles. The van der Waals surface area contributed by atoms with Crippen LogP contribution in [0, 0.1) is 5.92 Å². The number of amides is 2. The van der Waals surface area contributed by atoms with Gasteiger partial charge in [-0.15, -0.1) is 0 Å². The molecule has 2 amide bonds. The number of carbonyl (C=O) groups is 2. The molecular formula is C25H36N6O5S. The molecule has 0 saturated carbocycles. The zero-order valence-corrected chi connectivity index (χ0v) is 22.3. The third-order valence-corrected chi connectivity index (χ3v) is 8.76. The molecule has 12 heteroatoms. The van der Waals surface area contributed by atoms with Crippen LogP contribution >= 0.6 is 0 Å². The van der Waals surface area contributed by atoms with Crippen LogP contribution in [0.3, 0.4) is 0 Å². The minimum Gasteiger partial charge on any atom is -0.492 e. The van der Waals surface area contributed by atoms with Gasteiger partial charge in [-0.3, -0.25) is 14.3 Å². The van der Waals surface area contributed by atoms with Gasteiger partial charge in [-0.25, -0.2) is 8.42 Å². The molecule has 11 nitrogen and oxygen atoms in total. The number of para-hydroxylation sites is 2. The van der Waals surface area contributed by atoms with E-state index in [4.69, 9.17) is 10.5 Å². The van der Waals surface area contributed by atoms with Crippen molar-refractivity contribution in [1.29, 1.82) is 0 Å². The number of piperidine rings is 1. The fourth-order valence-electron chi connectivity index (χ4n) is 4.91. The SMILES string of the molecule is CCCn1cc(C(=O)N2CCC(C(N)=O)CC2)c(S(=O)(=O)N2CCN(c3ccccc3OCC)CC2)n1. The highest BCUT2D eigenvalue weighted by atomic mass is 32.2. The van der Waals surface area contributed by atoms with Gasteiger partial charge in [-0.05, 0) is 38.3 Å². The Morgan fingerprint density at radius 2 is 1.73 bits per heavy atom. The van der Waals surface area contributed by atoms with Crippen LogP contribution in [0.1, 0.15) is 43.5 Å². The van der Waals surface area contributed by atoms with Gasteiger partial charge in [0.15, 0.2) is 0 Å². The van der Waals surface area contributed by atoms with Gasteiger partial charge in [-0.1, -0.05) is 19.1 Å². The molecule has 37 heavy (non-hydrogen) atoms. The van der Waals surface area contributed by atoms with Crippen LogP contribution in [-0.4, -0.2) is 85.1 Å². The molecule has 0 atom stereocenters. The second-order valence-electron chi connectivity index (χ2n) is 9.37. The standard InChI is InChI=1S/C25H36N6O5S/c1-3-11-30-18-20(25(33)29-12-9-19(10-13-29)23(26)32)24(27-30)37(34,35)31-16-14-28(15-17-31)21-7-5-6-8-22(21)36-4-2/h5-8,18-19H,3-4,9-17H2,1-2H3,(H2,26,32). The number of hydrogen-bond donors (Lipinski definition) is 1. The lowest BCUT2D eigenvalue weighted by Crippen LogP contribution is -2.49. The molecule has 2 aliphatic heterocycles. The van der Waals surface area contributed by atoms with Gasteiger partial charge in [0.05, 0.1) is 17.9 Å². The van der Waals surface area contributed by atoms with E-state index in [2.05, 4.69) is 10.00 Å². The molecule has 3 heterocycles. The number of aromatic nitrogens is 2. The van der Waals surface area contributed by atoms with Gasteiger partial charge in [0.1, 0.15) is 5.75 Å². The normalized spacial score (nSPS) is 17.7. The van der Waals surface area contributed by atoms with Gasteiger partial charge in [0, 0.05) is 57.9 Å². The number of rotatable bonds is 9. The van der Waals surface area contributed by atoms with Crippen molar-refractivity contribution < 1.29 is 22.7 Å². The van der Waals surface area contributed by atoms with E-state index in [1.54, 1.807) is 4.90 Å². The highest BCUT2D eigenvalue weighted by molar-refractivity contribution is 7.89. The molecule has 0 bridgehead atoms. The van der Waals surface area contributed by atoms with E-state index in [0.717, 1.165) is 17.9 Å². The van der Waals surface area contributed by atoms with Crippen molar-refractivity contribution in [2.24, 2.45) is 11.7 Å². The average molecular weight is 533 g/mol. The van der Waals surface area contributed by atoms with Crippen molar-refractivity contribution in [1.82, 2.24) is 19.0 Å². The summed E-state index contributed by atoms with van der Waals surface area (Å²) in [6.45, 7) is 7.15. The summed E-state index contributed by atoms with van der Waals surface area (Å²) in [4.78, 5) is 28.6. The van der Waals surface area contributed by atoms with Crippen molar-refractivity contribution in [3.8, 4) is 5.75 Å². The quantitative estimate of drug-likeness (QED) is 0.518. The number of ether oxygens (including phenoxy) is 1.